The fourth-order valence-electron chi connectivity index (χ4n) is 1.50. The summed E-state index contributed by atoms with van der Waals surface area (Å²) in [6.07, 6.45) is -2.52. The van der Waals surface area contributed by atoms with Crippen LogP contribution in [0.25, 0.3) is 0 Å². The van der Waals surface area contributed by atoms with Gasteiger partial charge in [-0.25, -0.2) is 8.78 Å². The number of ketones is 1. The molecule has 0 spiro atoms. The first-order valence-corrected chi connectivity index (χ1v) is 5.69. The molecule has 0 saturated carbocycles. The Morgan fingerprint density at radius 2 is 2.00 bits per heavy atom. The van der Waals surface area contributed by atoms with Crippen LogP contribution in [-0.4, -0.2) is 39.6 Å². The minimum absolute atomic E-state index is 0.0102. The number of Topliss-reactive ketones (excluding diaryl/α,β-unsaturated/α-hetero) is 1. The van der Waals surface area contributed by atoms with E-state index in [4.69, 9.17) is 9.47 Å². The number of benzene rings is 1. The molecule has 0 unspecified atom stereocenters. The average Bonchev–Trinajstić information content (AvgIpc) is 2.42. The summed E-state index contributed by atoms with van der Waals surface area (Å²) < 4.78 is 38.5. The van der Waals surface area contributed by atoms with Crippen molar-refractivity contribution < 1.29 is 27.8 Å². The summed E-state index contributed by atoms with van der Waals surface area (Å²) in [7, 11) is 2.94. The highest BCUT2D eigenvalue weighted by molar-refractivity contribution is 5.99. The molecule has 19 heavy (non-hydrogen) atoms. The number of rotatable bonds is 8. The summed E-state index contributed by atoms with van der Waals surface area (Å²) in [6, 6.07) is 4.84. The zero-order valence-electron chi connectivity index (χ0n) is 10.8. The van der Waals surface area contributed by atoms with Crippen molar-refractivity contribution in [2.24, 2.45) is 0 Å². The van der Waals surface area contributed by atoms with Crippen LogP contribution in [0.2, 0.25) is 0 Å². The Labute approximate surface area is 110 Å². The number of hydrogen-bond acceptors (Lipinski definition) is 4. The van der Waals surface area contributed by atoms with Gasteiger partial charge in [0.05, 0.1) is 26.4 Å². The monoisotopic (exact) mass is 274 g/mol. The van der Waals surface area contributed by atoms with Gasteiger partial charge in [-0.1, -0.05) is 0 Å². The number of carbonyl (C=O) groups is 1. The summed E-state index contributed by atoms with van der Waals surface area (Å²) in [5, 5.41) is 0. The molecule has 1 rings (SSSR count). The van der Waals surface area contributed by atoms with Crippen LogP contribution >= 0.6 is 0 Å². The zero-order valence-corrected chi connectivity index (χ0v) is 10.8. The second kappa shape index (κ2) is 7.68. The number of ether oxygens (including phenoxy) is 3. The topological polar surface area (TPSA) is 44.8 Å². The van der Waals surface area contributed by atoms with Crippen LogP contribution in [0.15, 0.2) is 18.2 Å². The molecule has 6 heteroatoms. The van der Waals surface area contributed by atoms with Gasteiger partial charge in [0.1, 0.15) is 18.1 Å². The van der Waals surface area contributed by atoms with Crippen LogP contribution in [0.1, 0.15) is 16.8 Å². The van der Waals surface area contributed by atoms with Gasteiger partial charge < -0.3 is 14.2 Å². The molecule has 0 aliphatic carbocycles. The highest BCUT2D eigenvalue weighted by Gasteiger charge is 2.14. The average molecular weight is 274 g/mol. The van der Waals surface area contributed by atoms with Gasteiger partial charge in [-0.15, -0.1) is 0 Å². The second-order valence-corrected chi connectivity index (χ2v) is 3.71. The van der Waals surface area contributed by atoms with Gasteiger partial charge in [0, 0.05) is 6.42 Å². The second-order valence-electron chi connectivity index (χ2n) is 3.71. The van der Waals surface area contributed by atoms with E-state index in [2.05, 4.69) is 4.74 Å². The summed E-state index contributed by atoms with van der Waals surface area (Å²) in [5.74, 6) is 0.697. The minimum Gasteiger partial charge on any atom is -0.497 e. The van der Waals surface area contributed by atoms with E-state index in [1.807, 2.05) is 0 Å². The van der Waals surface area contributed by atoms with Crippen LogP contribution < -0.4 is 9.47 Å². The number of carbonyl (C=O) groups excluding carboxylic acids is 1. The van der Waals surface area contributed by atoms with Crippen molar-refractivity contribution >= 4 is 5.78 Å². The van der Waals surface area contributed by atoms with E-state index >= 15 is 0 Å². The molecule has 0 amide bonds. The van der Waals surface area contributed by atoms with Crippen LogP contribution in [0.4, 0.5) is 8.78 Å². The Morgan fingerprint density at radius 1 is 1.26 bits per heavy atom. The third kappa shape index (κ3) is 4.82. The van der Waals surface area contributed by atoms with Crippen LogP contribution in [0.5, 0.6) is 11.5 Å². The van der Waals surface area contributed by atoms with E-state index in [0.29, 0.717) is 17.1 Å². The highest BCUT2D eigenvalue weighted by Crippen LogP contribution is 2.25. The van der Waals surface area contributed by atoms with Crippen molar-refractivity contribution in [3.63, 3.8) is 0 Å². The summed E-state index contributed by atoms with van der Waals surface area (Å²) in [6.45, 7) is -0.716. The molecule has 0 bridgehead atoms. The Bertz CT molecular complexity index is 421. The fraction of sp³-hybridized carbons (Fsp3) is 0.462. The maximum atomic E-state index is 11.9. The van der Waals surface area contributed by atoms with Crippen molar-refractivity contribution in [3.05, 3.63) is 23.8 Å². The van der Waals surface area contributed by atoms with Crippen LogP contribution in [0.3, 0.4) is 0 Å². The first kappa shape index (κ1) is 15.4. The highest BCUT2D eigenvalue weighted by atomic mass is 19.3. The van der Waals surface area contributed by atoms with Gasteiger partial charge in [0.2, 0.25) is 0 Å². The molecular weight excluding hydrogens is 258 g/mol. The van der Waals surface area contributed by atoms with Crippen molar-refractivity contribution in [2.75, 3.05) is 27.4 Å². The molecule has 0 atom stereocenters. The number of hydrogen-bond donors (Lipinski definition) is 0. The maximum Gasteiger partial charge on any atom is 0.261 e. The van der Waals surface area contributed by atoms with E-state index in [1.165, 1.54) is 14.2 Å². The van der Waals surface area contributed by atoms with Crippen LogP contribution in [0, 0.1) is 0 Å². The lowest BCUT2D eigenvalue weighted by atomic mass is 10.1. The third-order valence-electron chi connectivity index (χ3n) is 2.42. The summed E-state index contributed by atoms with van der Waals surface area (Å²) in [4.78, 5) is 11.9. The summed E-state index contributed by atoms with van der Waals surface area (Å²) in [5.41, 5.74) is 0.350. The molecule has 106 valence electrons. The Balaban J connectivity index is 2.64. The van der Waals surface area contributed by atoms with Gasteiger partial charge in [0.15, 0.2) is 5.78 Å². The van der Waals surface area contributed by atoms with Crippen molar-refractivity contribution in [3.8, 4) is 11.5 Å². The predicted molar refractivity (Wildman–Crippen MR) is 65.3 cm³/mol. The molecule has 0 aromatic heterocycles. The Hall–Kier alpha value is -1.69. The summed E-state index contributed by atoms with van der Waals surface area (Å²) >= 11 is 0. The molecule has 4 nitrogen and oxygen atoms in total. The van der Waals surface area contributed by atoms with Crippen molar-refractivity contribution in [1.29, 1.82) is 0 Å². The van der Waals surface area contributed by atoms with E-state index in [1.54, 1.807) is 18.2 Å². The van der Waals surface area contributed by atoms with Gasteiger partial charge >= 0.3 is 0 Å². The van der Waals surface area contributed by atoms with Gasteiger partial charge in [-0.3, -0.25) is 4.79 Å². The first-order chi connectivity index (χ1) is 9.08. The smallest absolute Gasteiger partial charge is 0.261 e. The lowest BCUT2D eigenvalue weighted by Gasteiger charge is -2.09. The van der Waals surface area contributed by atoms with Gasteiger partial charge in [-0.2, -0.15) is 0 Å². The molecule has 0 aliphatic rings. The van der Waals surface area contributed by atoms with E-state index in [-0.39, 0.29) is 18.8 Å². The fourth-order valence-corrected chi connectivity index (χ4v) is 1.50. The zero-order chi connectivity index (χ0) is 14.3. The quantitative estimate of drug-likeness (QED) is 0.540. The number of halogens is 2. The van der Waals surface area contributed by atoms with Crippen molar-refractivity contribution in [1.82, 2.24) is 0 Å². The number of methoxy groups -OCH3 is 2. The molecule has 0 aliphatic heterocycles. The number of alkyl halides is 2. The first-order valence-electron chi connectivity index (χ1n) is 5.69. The molecule has 1 aromatic carbocycles. The molecule has 0 radical (unpaired) electrons. The standard InChI is InChI=1S/C13H16F2O4/c1-17-9-3-4-12(18-2)10(7-9)11(16)5-6-19-8-13(14)15/h3-4,7,13H,5-6,8H2,1-2H3. The van der Waals surface area contributed by atoms with E-state index in [0.717, 1.165) is 0 Å². The Morgan fingerprint density at radius 3 is 2.58 bits per heavy atom. The predicted octanol–water partition coefficient (Wildman–Crippen LogP) is 2.56. The third-order valence-corrected chi connectivity index (χ3v) is 2.42. The van der Waals surface area contributed by atoms with E-state index in [9.17, 15) is 13.6 Å². The Kier molecular flexibility index (Phi) is 6.21. The molecular formula is C13H16F2O4. The van der Waals surface area contributed by atoms with Crippen LogP contribution in [-0.2, 0) is 4.74 Å². The van der Waals surface area contributed by atoms with Gasteiger partial charge in [-0.05, 0) is 18.2 Å². The molecule has 0 heterocycles. The lowest BCUT2D eigenvalue weighted by molar-refractivity contribution is 0.0169. The molecule has 0 N–H and O–H groups in total. The maximum absolute atomic E-state index is 11.9. The normalized spacial score (nSPS) is 10.6. The molecule has 0 saturated heterocycles. The lowest BCUT2D eigenvalue weighted by Crippen LogP contribution is -2.10. The van der Waals surface area contributed by atoms with Crippen molar-refractivity contribution in [2.45, 2.75) is 12.8 Å². The molecule has 1 aromatic rings. The largest absolute Gasteiger partial charge is 0.497 e. The molecule has 0 fully saturated rings. The minimum atomic E-state index is -2.53. The SMILES string of the molecule is COc1ccc(OC)c(C(=O)CCOCC(F)F)c1. The van der Waals surface area contributed by atoms with E-state index < -0.39 is 13.0 Å². The van der Waals surface area contributed by atoms with Gasteiger partial charge in [0.25, 0.3) is 6.43 Å².